The van der Waals surface area contributed by atoms with Crippen LogP contribution in [0.2, 0.25) is 0 Å². The van der Waals surface area contributed by atoms with Crippen LogP contribution in [0.1, 0.15) is 271 Å². The minimum atomic E-state index is -1.57. The third kappa shape index (κ3) is 39.4. The first kappa shape index (κ1) is 65.2. The van der Waals surface area contributed by atoms with Crippen molar-refractivity contribution in [3.05, 3.63) is 48.6 Å². The SMILES string of the molecule is CCCCCCCCCCC/C=C\C/C=C\CCCCCCCCCCCC(=O)NC(COC1OC(CO)C(O)C(O)C1O)C(O)/C=C/CC/C=C/CCCCCCCCCCCCCCCCC. The summed E-state index contributed by atoms with van der Waals surface area (Å²) in [5.74, 6) is -0.189. The van der Waals surface area contributed by atoms with Gasteiger partial charge in [0.05, 0.1) is 25.4 Å². The van der Waals surface area contributed by atoms with Gasteiger partial charge in [-0.3, -0.25) is 4.79 Å². The number of nitrogens with one attached hydrogen (secondary N) is 1. The van der Waals surface area contributed by atoms with Gasteiger partial charge in [0.2, 0.25) is 5.91 Å². The van der Waals surface area contributed by atoms with Crippen molar-refractivity contribution in [2.24, 2.45) is 0 Å². The average Bonchev–Trinajstić information content (AvgIpc) is 3.35. The van der Waals surface area contributed by atoms with E-state index in [-0.39, 0.29) is 12.5 Å². The molecule has 69 heavy (non-hydrogen) atoms. The molecule has 1 aliphatic heterocycles. The van der Waals surface area contributed by atoms with Gasteiger partial charge in [0.25, 0.3) is 0 Å². The largest absolute Gasteiger partial charge is 0.394 e. The molecule has 7 unspecified atom stereocenters. The quantitative estimate of drug-likeness (QED) is 0.0261. The molecule has 0 aromatic carbocycles. The molecule has 6 N–H and O–H groups in total. The van der Waals surface area contributed by atoms with Gasteiger partial charge in [0.1, 0.15) is 24.4 Å². The standard InChI is InChI=1S/C60H111NO8/c1-3-5-7-9-11-13-15-17-19-21-23-25-26-27-28-30-32-34-36-38-40-42-44-46-48-50-56(64)61-53(52-68-60-59(67)58(66)57(65)55(51-62)69-60)54(63)49-47-45-43-41-39-37-35-33-31-29-24-22-20-18-16-14-12-10-8-6-4-2/h23,25,27-28,39,41,47,49,53-55,57-60,62-63,65-67H,3-22,24,26,29-38,40,42-46,48,50-52H2,1-2H3,(H,61,64)/b25-23-,28-27-,41-39+,49-47+. The van der Waals surface area contributed by atoms with E-state index in [1.54, 1.807) is 6.08 Å². The molecule has 9 heteroatoms. The number of unbranched alkanes of at least 4 members (excludes halogenated alkanes) is 34. The van der Waals surface area contributed by atoms with Crippen molar-refractivity contribution in [2.75, 3.05) is 13.2 Å². The smallest absolute Gasteiger partial charge is 0.220 e. The topological polar surface area (TPSA) is 149 Å². The number of hydrogen-bond donors (Lipinski definition) is 6. The first-order valence-corrected chi connectivity index (χ1v) is 29.4. The summed E-state index contributed by atoms with van der Waals surface area (Å²) in [4.78, 5) is 13.1. The van der Waals surface area contributed by atoms with Crippen LogP contribution in [-0.4, -0.2) is 87.5 Å². The van der Waals surface area contributed by atoms with Gasteiger partial charge in [-0.1, -0.05) is 249 Å². The fraction of sp³-hybridized carbons (Fsp3) is 0.850. The Hall–Kier alpha value is -1.85. The summed E-state index contributed by atoms with van der Waals surface area (Å²) >= 11 is 0. The second kappa shape index (κ2) is 49.7. The third-order valence-electron chi connectivity index (χ3n) is 13.9. The molecule has 1 rings (SSSR count). The van der Waals surface area contributed by atoms with E-state index in [4.69, 9.17) is 9.47 Å². The normalized spacial score (nSPS) is 19.8. The minimum Gasteiger partial charge on any atom is -0.394 e. The van der Waals surface area contributed by atoms with E-state index in [1.807, 2.05) is 6.08 Å². The van der Waals surface area contributed by atoms with Gasteiger partial charge in [-0.05, 0) is 64.2 Å². The molecule has 0 bridgehead atoms. The molecular formula is C60H111NO8. The summed E-state index contributed by atoms with van der Waals surface area (Å²) in [5, 5.41) is 54.5. The Morgan fingerprint density at radius 3 is 1.30 bits per heavy atom. The van der Waals surface area contributed by atoms with Crippen molar-refractivity contribution < 1.29 is 39.8 Å². The first-order chi connectivity index (χ1) is 33.8. The molecular weight excluding hydrogens is 863 g/mol. The maximum atomic E-state index is 13.1. The highest BCUT2D eigenvalue weighted by molar-refractivity contribution is 5.76. The fourth-order valence-corrected chi connectivity index (χ4v) is 9.20. The van der Waals surface area contributed by atoms with Crippen LogP contribution >= 0.6 is 0 Å². The Morgan fingerprint density at radius 2 is 0.870 bits per heavy atom. The monoisotopic (exact) mass is 974 g/mol. The Bertz CT molecular complexity index is 1220. The lowest BCUT2D eigenvalue weighted by Gasteiger charge is -2.40. The van der Waals surface area contributed by atoms with E-state index in [0.29, 0.717) is 6.42 Å². The van der Waals surface area contributed by atoms with Crippen LogP contribution < -0.4 is 5.32 Å². The van der Waals surface area contributed by atoms with Crippen LogP contribution in [0.5, 0.6) is 0 Å². The molecule has 1 heterocycles. The number of allylic oxidation sites excluding steroid dienone is 7. The van der Waals surface area contributed by atoms with Crippen molar-refractivity contribution in [1.29, 1.82) is 0 Å². The van der Waals surface area contributed by atoms with E-state index in [2.05, 4.69) is 55.6 Å². The zero-order valence-electron chi connectivity index (χ0n) is 44.8. The summed E-state index contributed by atoms with van der Waals surface area (Å²) in [6.45, 7) is 3.78. The number of aliphatic hydroxyl groups excluding tert-OH is 5. The van der Waals surface area contributed by atoms with Gasteiger partial charge in [0, 0.05) is 6.42 Å². The Morgan fingerprint density at radius 1 is 0.493 bits per heavy atom. The average molecular weight is 975 g/mol. The van der Waals surface area contributed by atoms with E-state index < -0.39 is 49.5 Å². The second-order valence-corrected chi connectivity index (χ2v) is 20.4. The molecule has 1 aliphatic rings. The van der Waals surface area contributed by atoms with Gasteiger partial charge >= 0.3 is 0 Å². The molecule has 0 aromatic rings. The van der Waals surface area contributed by atoms with Crippen LogP contribution in [0, 0.1) is 0 Å². The summed E-state index contributed by atoms with van der Waals surface area (Å²) in [7, 11) is 0. The van der Waals surface area contributed by atoms with Crippen molar-refractivity contribution >= 4 is 5.91 Å². The highest BCUT2D eigenvalue weighted by atomic mass is 16.7. The molecule has 0 saturated carbocycles. The Kier molecular flexibility index (Phi) is 47.0. The lowest BCUT2D eigenvalue weighted by molar-refractivity contribution is -0.302. The minimum absolute atomic E-state index is 0.189. The van der Waals surface area contributed by atoms with Crippen LogP contribution in [0.3, 0.4) is 0 Å². The van der Waals surface area contributed by atoms with Gasteiger partial charge in [-0.15, -0.1) is 0 Å². The number of rotatable bonds is 50. The zero-order chi connectivity index (χ0) is 50.1. The first-order valence-electron chi connectivity index (χ1n) is 29.4. The highest BCUT2D eigenvalue weighted by Gasteiger charge is 2.44. The molecule has 404 valence electrons. The predicted molar refractivity (Wildman–Crippen MR) is 290 cm³/mol. The summed E-state index contributed by atoms with van der Waals surface area (Å²) in [6, 6.07) is -0.826. The summed E-state index contributed by atoms with van der Waals surface area (Å²) in [6.07, 6.45) is 58.9. The Balaban J connectivity index is 2.25. The summed E-state index contributed by atoms with van der Waals surface area (Å²) in [5.41, 5.74) is 0. The molecule has 7 atom stereocenters. The zero-order valence-corrected chi connectivity index (χ0v) is 44.8. The number of amides is 1. The van der Waals surface area contributed by atoms with Gasteiger partial charge < -0.3 is 40.3 Å². The van der Waals surface area contributed by atoms with Crippen LogP contribution in [-0.2, 0) is 14.3 Å². The lowest BCUT2D eigenvalue weighted by atomic mass is 9.99. The molecule has 1 fully saturated rings. The van der Waals surface area contributed by atoms with Crippen LogP contribution in [0.4, 0.5) is 0 Å². The highest BCUT2D eigenvalue weighted by Crippen LogP contribution is 2.23. The van der Waals surface area contributed by atoms with Crippen molar-refractivity contribution in [2.45, 2.75) is 314 Å². The van der Waals surface area contributed by atoms with E-state index in [1.165, 1.54) is 205 Å². The molecule has 0 spiro atoms. The lowest BCUT2D eigenvalue weighted by Crippen LogP contribution is -2.60. The fourth-order valence-electron chi connectivity index (χ4n) is 9.20. The van der Waals surface area contributed by atoms with Crippen molar-refractivity contribution in [1.82, 2.24) is 5.32 Å². The molecule has 0 aromatic heterocycles. The van der Waals surface area contributed by atoms with Crippen molar-refractivity contribution in [3.63, 3.8) is 0 Å². The molecule has 1 amide bonds. The van der Waals surface area contributed by atoms with Crippen LogP contribution in [0.25, 0.3) is 0 Å². The van der Waals surface area contributed by atoms with Gasteiger partial charge in [-0.2, -0.15) is 0 Å². The molecule has 1 saturated heterocycles. The number of hydrogen-bond acceptors (Lipinski definition) is 8. The predicted octanol–water partition coefficient (Wildman–Crippen LogP) is 14.5. The number of carbonyl (C=O) groups is 1. The Labute approximate surface area is 424 Å². The van der Waals surface area contributed by atoms with Gasteiger partial charge in [-0.25, -0.2) is 0 Å². The molecule has 9 nitrogen and oxygen atoms in total. The second-order valence-electron chi connectivity index (χ2n) is 20.4. The number of ether oxygens (including phenoxy) is 2. The molecule has 0 radical (unpaired) electrons. The van der Waals surface area contributed by atoms with E-state index in [0.717, 1.165) is 44.9 Å². The van der Waals surface area contributed by atoms with E-state index >= 15 is 0 Å². The maximum absolute atomic E-state index is 13.1. The van der Waals surface area contributed by atoms with Crippen LogP contribution in [0.15, 0.2) is 48.6 Å². The number of carbonyl (C=O) groups excluding carboxylic acids is 1. The third-order valence-corrected chi connectivity index (χ3v) is 13.9. The van der Waals surface area contributed by atoms with E-state index in [9.17, 15) is 30.3 Å². The molecule has 0 aliphatic carbocycles. The number of aliphatic hydroxyl groups is 5. The van der Waals surface area contributed by atoms with Crippen molar-refractivity contribution in [3.8, 4) is 0 Å². The van der Waals surface area contributed by atoms with Gasteiger partial charge in [0.15, 0.2) is 6.29 Å². The summed E-state index contributed by atoms with van der Waals surface area (Å²) < 4.78 is 11.3. The maximum Gasteiger partial charge on any atom is 0.220 e.